The summed E-state index contributed by atoms with van der Waals surface area (Å²) < 4.78 is 15.0. The van der Waals surface area contributed by atoms with Crippen LogP contribution < -0.4 is 11.1 Å². The Morgan fingerprint density at radius 2 is 1.95 bits per heavy atom. The predicted octanol–water partition coefficient (Wildman–Crippen LogP) is 3.86. The SMILES string of the molecule is Nc1ccc(Br)c(C(=O)NCc2cc(Br)ccc2F)c1. The quantitative estimate of drug-likeness (QED) is 0.767. The average molecular weight is 402 g/mol. The number of nitrogens with one attached hydrogen (secondary N) is 1. The van der Waals surface area contributed by atoms with Gasteiger partial charge in [0.25, 0.3) is 5.91 Å². The Morgan fingerprint density at radius 1 is 1.20 bits per heavy atom. The first-order valence-electron chi connectivity index (χ1n) is 5.74. The van der Waals surface area contributed by atoms with E-state index in [9.17, 15) is 9.18 Å². The summed E-state index contributed by atoms with van der Waals surface area (Å²) in [5.74, 6) is -0.677. The fourth-order valence-corrected chi connectivity index (χ4v) is 2.50. The molecule has 2 aromatic carbocycles. The molecule has 2 rings (SSSR count). The molecule has 0 radical (unpaired) electrons. The van der Waals surface area contributed by atoms with E-state index in [1.807, 2.05) is 0 Å². The second kappa shape index (κ2) is 6.37. The summed E-state index contributed by atoms with van der Waals surface area (Å²) in [7, 11) is 0. The molecule has 0 bridgehead atoms. The first kappa shape index (κ1) is 15.0. The smallest absolute Gasteiger partial charge is 0.252 e. The van der Waals surface area contributed by atoms with E-state index >= 15 is 0 Å². The highest BCUT2D eigenvalue weighted by Crippen LogP contribution is 2.20. The van der Waals surface area contributed by atoms with Gasteiger partial charge in [-0.3, -0.25) is 4.79 Å². The molecule has 20 heavy (non-hydrogen) atoms. The Kier molecular flexibility index (Phi) is 4.77. The van der Waals surface area contributed by atoms with Crippen molar-refractivity contribution in [2.24, 2.45) is 0 Å². The molecule has 0 aromatic heterocycles. The molecule has 104 valence electrons. The minimum atomic E-state index is -0.361. The Morgan fingerprint density at radius 3 is 2.70 bits per heavy atom. The van der Waals surface area contributed by atoms with Crippen molar-refractivity contribution in [1.29, 1.82) is 0 Å². The fraction of sp³-hybridized carbons (Fsp3) is 0.0714. The number of anilines is 1. The van der Waals surface area contributed by atoms with Gasteiger partial charge in [0.05, 0.1) is 5.56 Å². The molecule has 0 unspecified atom stereocenters. The van der Waals surface area contributed by atoms with Crippen LogP contribution >= 0.6 is 31.9 Å². The largest absolute Gasteiger partial charge is 0.399 e. The number of carbonyl (C=O) groups excluding carboxylic acids is 1. The van der Waals surface area contributed by atoms with Crippen molar-refractivity contribution in [3.63, 3.8) is 0 Å². The van der Waals surface area contributed by atoms with Gasteiger partial charge in [0.1, 0.15) is 5.82 Å². The molecule has 0 heterocycles. The van der Waals surface area contributed by atoms with Crippen LogP contribution in [0.15, 0.2) is 45.3 Å². The molecule has 0 saturated carbocycles. The zero-order valence-electron chi connectivity index (χ0n) is 10.3. The van der Waals surface area contributed by atoms with E-state index in [0.717, 1.165) is 4.47 Å². The lowest BCUT2D eigenvalue weighted by atomic mass is 10.1. The summed E-state index contributed by atoms with van der Waals surface area (Å²) in [6.45, 7) is 0.103. The Labute approximate surface area is 132 Å². The zero-order chi connectivity index (χ0) is 14.7. The zero-order valence-corrected chi connectivity index (χ0v) is 13.5. The molecule has 2 aromatic rings. The van der Waals surface area contributed by atoms with Crippen LogP contribution in [-0.2, 0) is 6.54 Å². The molecule has 0 fully saturated rings. The van der Waals surface area contributed by atoms with Crippen LogP contribution in [0.3, 0.4) is 0 Å². The minimum absolute atomic E-state index is 0.103. The molecule has 0 aliphatic rings. The van der Waals surface area contributed by atoms with Gasteiger partial charge in [0, 0.05) is 26.7 Å². The molecule has 0 saturated heterocycles. The third kappa shape index (κ3) is 3.58. The van der Waals surface area contributed by atoms with Crippen molar-refractivity contribution in [3.05, 3.63) is 62.3 Å². The number of carbonyl (C=O) groups is 1. The van der Waals surface area contributed by atoms with Crippen molar-refractivity contribution in [2.75, 3.05) is 5.73 Å². The van der Waals surface area contributed by atoms with Crippen LogP contribution in [0.1, 0.15) is 15.9 Å². The first-order valence-corrected chi connectivity index (χ1v) is 7.33. The predicted molar refractivity (Wildman–Crippen MR) is 83.8 cm³/mol. The summed E-state index contributed by atoms with van der Waals surface area (Å²) in [4.78, 5) is 12.1. The normalized spacial score (nSPS) is 10.3. The van der Waals surface area contributed by atoms with Gasteiger partial charge >= 0.3 is 0 Å². The number of hydrogen-bond donors (Lipinski definition) is 2. The van der Waals surface area contributed by atoms with E-state index in [-0.39, 0.29) is 18.3 Å². The second-order valence-electron chi connectivity index (χ2n) is 4.16. The van der Waals surface area contributed by atoms with Crippen LogP contribution in [0.2, 0.25) is 0 Å². The highest BCUT2D eigenvalue weighted by Gasteiger charge is 2.11. The van der Waals surface area contributed by atoms with Gasteiger partial charge in [-0.25, -0.2) is 4.39 Å². The minimum Gasteiger partial charge on any atom is -0.399 e. The van der Waals surface area contributed by atoms with Crippen LogP contribution in [0.4, 0.5) is 10.1 Å². The topological polar surface area (TPSA) is 55.1 Å². The van der Waals surface area contributed by atoms with Gasteiger partial charge in [-0.2, -0.15) is 0 Å². The van der Waals surface area contributed by atoms with Crippen molar-refractivity contribution >= 4 is 43.5 Å². The number of halogens is 3. The summed E-state index contributed by atoms with van der Waals surface area (Å²) in [5.41, 5.74) is 6.97. The fourth-order valence-electron chi connectivity index (χ4n) is 1.67. The van der Waals surface area contributed by atoms with Gasteiger partial charge in [0.2, 0.25) is 0 Å². The number of amides is 1. The summed E-state index contributed by atoms with van der Waals surface area (Å²) >= 11 is 6.55. The van der Waals surface area contributed by atoms with E-state index in [4.69, 9.17) is 5.73 Å². The molecule has 3 N–H and O–H groups in total. The lowest BCUT2D eigenvalue weighted by molar-refractivity contribution is 0.0950. The summed E-state index contributed by atoms with van der Waals surface area (Å²) in [5, 5.41) is 2.67. The van der Waals surface area contributed by atoms with Gasteiger partial charge in [0.15, 0.2) is 0 Å². The molecule has 6 heteroatoms. The van der Waals surface area contributed by atoms with Gasteiger partial charge in [-0.15, -0.1) is 0 Å². The van der Waals surface area contributed by atoms with E-state index in [0.29, 0.717) is 21.3 Å². The second-order valence-corrected chi connectivity index (χ2v) is 5.93. The average Bonchev–Trinajstić information content (AvgIpc) is 2.42. The number of hydrogen-bond acceptors (Lipinski definition) is 2. The van der Waals surface area contributed by atoms with Crippen molar-refractivity contribution in [3.8, 4) is 0 Å². The van der Waals surface area contributed by atoms with E-state index in [1.54, 1.807) is 30.3 Å². The monoisotopic (exact) mass is 400 g/mol. The van der Waals surface area contributed by atoms with Gasteiger partial charge < -0.3 is 11.1 Å². The molecule has 0 atom stereocenters. The number of rotatable bonds is 3. The van der Waals surface area contributed by atoms with Crippen LogP contribution in [0.5, 0.6) is 0 Å². The maximum atomic E-state index is 13.6. The number of benzene rings is 2. The van der Waals surface area contributed by atoms with E-state index in [1.165, 1.54) is 6.07 Å². The van der Waals surface area contributed by atoms with Crippen molar-refractivity contribution in [2.45, 2.75) is 6.54 Å². The van der Waals surface area contributed by atoms with Crippen LogP contribution in [-0.4, -0.2) is 5.91 Å². The first-order chi connectivity index (χ1) is 9.47. The van der Waals surface area contributed by atoms with Crippen LogP contribution in [0.25, 0.3) is 0 Å². The summed E-state index contributed by atoms with van der Waals surface area (Å²) in [6.07, 6.45) is 0. The number of nitrogens with two attached hydrogens (primary N) is 1. The molecule has 0 aliphatic carbocycles. The third-order valence-corrected chi connectivity index (χ3v) is 3.87. The van der Waals surface area contributed by atoms with Gasteiger partial charge in [-0.1, -0.05) is 15.9 Å². The van der Waals surface area contributed by atoms with E-state index in [2.05, 4.69) is 37.2 Å². The van der Waals surface area contributed by atoms with E-state index < -0.39 is 0 Å². The lowest BCUT2D eigenvalue weighted by Gasteiger charge is -2.09. The number of nitrogen functional groups attached to an aromatic ring is 1. The highest BCUT2D eigenvalue weighted by atomic mass is 79.9. The maximum Gasteiger partial charge on any atom is 0.252 e. The Bertz CT molecular complexity index is 662. The van der Waals surface area contributed by atoms with Crippen molar-refractivity contribution in [1.82, 2.24) is 5.32 Å². The molecular weight excluding hydrogens is 391 g/mol. The van der Waals surface area contributed by atoms with Crippen LogP contribution in [0, 0.1) is 5.82 Å². The van der Waals surface area contributed by atoms with Gasteiger partial charge in [-0.05, 0) is 52.3 Å². The molecule has 0 aliphatic heterocycles. The lowest BCUT2D eigenvalue weighted by Crippen LogP contribution is -2.23. The molecular formula is C14H11Br2FN2O. The molecule has 1 amide bonds. The third-order valence-electron chi connectivity index (χ3n) is 2.68. The standard InChI is InChI=1S/C14H11Br2FN2O/c15-9-1-4-13(17)8(5-9)7-19-14(20)11-6-10(18)2-3-12(11)16/h1-6H,7,18H2,(H,19,20). The molecule has 0 spiro atoms. The molecule has 3 nitrogen and oxygen atoms in total. The maximum absolute atomic E-state index is 13.6. The highest BCUT2D eigenvalue weighted by molar-refractivity contribution is 9.10. The Hall–Kier alpha value is -1.40. The summed E-state index contributed by atoms with van der Waals surface area (Å²) in [6, 6.07) is 9.54. The Balaban J connectivity index is 2.12. The van der Waals surface area contributed by atoms with Crippen molar-refractivity contribution < 1.29 is 9.18 Å².